The largest absolute Gasteiger partial charge is 0.308 e. The lowest BCUT2D eigenvalue weighted by Crippen LogP contribution is -2.16. The SMILES string of the molecule is Cc1ccc2c(N(c3ccccc3)c3c4ccccc4cc4cc5ccccc5cc34)c3cc(C)c(C)cc3c(N(c3ccccc3)c3c4ccccc4cc4cc5ccccc5cc34)c2c1. The van der Waals surface area contributed by atoms with Crippen LogP contribution in [0.5, 0.6) is 0 Å². The van der Waals surface area contributed by atoms with Crippen molar-refractivity contribution in [3.8, 4) is 0 Å². The second-order valence-corrected chi connectivity index (χ2v) is 18.3. The van der Waals surface area contributed by atoms with E-state index in [4.69, 9.17) is 0 Å². The molecule has 0 bridgehead atoms. The second-order valence-electron chi connectivity index (χ2n) is 18.3. The highest BCUT2D eigenvalue weighted by Gasteiger charge is 2.29. The number of fused-ring (bicyclic) bond motifs is 8. The minimum Gasteiger partial charge on any atom is -0.308 e. The van der Waals surface area contributed by atoms with Crippen LogP contribution in [0.2, 0.25) is 0 Å². The van der Waals surface area contributed by atoms with E-state index in [0.717, 1.165) is 17.1 Å². The van der Waals surface area contributed by atoms with Crippen molar-refractivity contribution in [2.45, 2.75) is 20.8 Å². The van der Waals surface area contributed by atoms with Crippen LogP contribution in [0.3, 0.4) is 0 Å². The van der Waals surface area contributed by atoms with Gasteiger partial charge in [-0.2, -0.15) is 0 Å². The summed E-state index contributed by atoms with van der Waals surface area (Å²) in [6.07, 6.45) is 0. The number of nitrogens with zero attached hydrogens (tertiary/aromatic N) is 2. The van der Waals surface area contributed by atoms with E-state index in [1.165, 1.54) is 120 Å². The Bertz CT molecular complexity index is 4120. The lowest BCUT2D eigenvalue weighted by molar-refractivity contribution is 1.31. The zero-order valence-corrected chi connectivity index (χ0v) is 37.8. The molecule has 0 amide bonds. The Hall–Kier alpha value is -8.46. The van der Waals surface area contributed by atoms with Gasteiger partial charge in [0.05, 0.1) is 22.7 Å². The molecule has 0 heterocycles. The van der Waals surface area contributed by atoms with Crippen LogP contribution in [0.1, 0.15) is 16.7 Å². The Morgan fingerprint density at radius 2 is 0.567 bits per heavy atom. The third kappa shape index (κ3) is 6.25. The fourth-order valence-electron chi connectivity index (χ4n) is 10.9. The Morgan fingerprint density at radius 3 is 1.03 bits per heavy atom. The zero-order chi connectivity index (χ0) is 44.8. The van der Waals surface area contributed by atoms with Gasteiger partial charge in [-0.25, -0.2) is 0 Å². The lowest BCUT2D eigenvalue weighted by Gasteiger charge is -2.35. The molecule has 0 spiro atoms. The summed E-state index contributed by atoms with van der Waals surface area (Å²) >= 11 is 0. The quantitative estimate of drug-likeness (QED) is 0.121. The van der Waals surface area contributed by atoms with Crippen molar-refractivity contribution in [3.05, 3.63) is 241 Å². The summed E-state index contributed by atoms with van der Waals surface area (Å²) in [5.74, 6) is 0. The smallest absolute Gasteiger partial charge is 0.0620 e. The van der Waals surface area contributed by atoms with E-state index in [-0.39, 0.29) is 0 Å². The van der Waals surface area contributed by atoms with E-state index in [1.54, 1.807) is 0 Å². The van der Waals surface area contributed by atoms with E-state index in [1.807, 2.05) is 0 Å². The number of para-hydroxylation sites is 2. The van der Waals surface area contributed by atoms with Crippen molar-refractivity contribution >= 4 is 120 Å². The van der Waals surface area contributed by atoms with Crippen LogP contribution in [0, 0.1) is 20.8 Å². The van der Waals surface area contributed by atoms with Crippen molar-refractivity contribution in [2.24, 2.45) is 0 Å². The first kappa shape index (κ1) is 39.0. The first-order valence-corrected chi connectivity index (χ1v) is 23.3. The molecule has 0 fully saturated rings. The van der Waals surface area contributed by atoms with Crippen molar-refractivity contribution in [2.75, 3.05) is 9.80 Å². The normalized spacial score (nSPS) is 11.8. The molecule has 0 atom stereocenters. The minimum atomic E-state index is 1.11. The molecule has 13 aromatic rings. The highest BCUT2D eigenvalue weighted by Crippen LogP contribution is 2.55. The lowest BCUT2D eigenvalue weighted by atomic mass is 9.90. The Balaban J connectivity index is 1.24. The number of rotatable bonds is 6. The highest BCUT2D eigenvalue weighted by atomic mass is 15.2. The predicted molar refractivity (Wildman–Crippen MR) is 290 cm³/mol. The van der Waals surface area contributed by atoms with Gasteiger partial charge < -0.3 is 9.80 Å². The van der Waals surface area contributed by atoms with Gasteiger partial charge in [-0.1, -0.05) is 151 Å². The van der Waals surface area contributed by atoms with Gasteiger partial charge in [-0.3, -0.25) is 0 Å². The number of aryl methyl sites for hydroxylation is 3. The van der Waals surface area contributed by atoms with Gasteiger partial charge in [0.2, 0.25) is 0 Å². The summed E-state index contributed by atoms with van der Waals surface area (Å²) in [6, 6.07) is 83.8. The number of benzene rings is 13. The maximum Gasteiger partial charge on any atom is 0.0620 e. The van der Waals surface area contributed by atoms with Crippen molar-refractivity contribution in [1.29, 1.82) is 0 Å². The molecule has 67 heavy (non-hydrogen) atoms. The van der Waals surface area contributed by atoms with Crippen LogP contribution in [0.25, 0.3) is 86.2 Å². The summed E-state index contributed by atoms with van der Waals surface area (Å²) in [7, 11) is 0. The predicted octanol–water partition coefficient (Wildman–Crippen LogP) is 18.8. The maximum atomic E-state index is 2.59. The number of hydrogen-bond acceptors (Lipinski definition) is 2. The highest BCUT2D eigenvalue weighted by molar-refractivity contribution is 6.28. The average molecular weight is 855 g/mol. The summed E-state index contributed by atoms with van der Waals surface area (Å²) in [5, 5.41) is 19.3. The summed E-state index contributed by atoms with van der Waals surface area (Å²) < 4.78 is 0. The summed E-state index contributed by atoms with van der Waals surface area (Å²) in [6.45, 7) is 6.77. The fraction of sp³-hybridized carbons (Fsp3) is 0.0462. The Kier molecular flexibility index (Phi) is 8.91. The van der Waals surface area contributed by atoms with E-state index in [2.05, 4.69) is 255 Å². The maximum absolute atomic E-state index is 2.59. The van der Waals surface area contributed by atoms with E-state index in [0.29, 0.717) is 0 Å². The van der Waals surface area contributed by atoms with Gasteiger partial charge in [0.1, 0.15) is 0 Å². The Labute approximate surface area is 390 Å². The van der Waals surface area contributed by atoms with Gasteiger partial charge in [0.25, 0.3) is 0 Å². The van der Waals surface area contributed by atoms with E-state index >= 15 is 0 Å². The fourth-order valence-corrected chi connectivity index (χ4v) is 10.9. The molecule has 2 nitrogen and oxygen atoms in total. The van der Waals surface area contributed by atoms with Crippen molar-refractivity contribution in [1.82, 2.24) is 0 Å². The second kappa shape index (κ2) is 15.3. The van der Waals surface area contributed by atoms with Gasteiger partial charge in [0.15, 0.2) is 0 Å². The summed E-state index contributed by atoms with van der Waals surface area (Å²) in [4.78, 5) is 5.18. The molecule has 0 aromatic heterocycles. The molecule has 0 radical (unpaired) electrons. The molecule has 0 saturated carbocycles. The zero-order valence-electron chi connectivity index (χ0n) is 37.8. The van der Waals surface area contributed by atoms with Crippen molar-refractivity contribution < 1.29 is 0 Å². The molecule has 0 aliphatic heterocycles. The van der Waals surface area contributed by atoms with Crippen LogP contribution in [0.15, 0.2) is 224 Å². The first-order chi connectivity index (χ1) is 33.0. The molecule has 13 rings (SSSR count). The first-order valence-electron chi connectivity index (χ1n) is 23.3. The molecule has 0 unspecified atom stereocenters. The standard InChI is InChI=1S/C65H46N2/c1-41-30-31-56-59(32-41)65(67(53-26-8-5-9-27-53)63-55-29-17-15-23-49(55)38-51-36-45-19-11-13-21-47(45)40-58(51)63)61-34-43(3)42(2)33-60(61)64(56)66(52-24-6-4-7-25-52)62-54-28-16-14-22-48(54)37-50-35-44-18-10-12-20-46(44)39-57(50)62/h4-40H,1-3H3. The van der Waals surface area contributed by atoms with E-state index < -0.39 is 0 Å². The molecule has 0 saturated heterocycles. The summed E-state index contributed by atoms with van der Waals surface area (Å²) in [5.41, 5.74) is 10.6. The van der Waals surface area contributed by atoms with Gasteiger partial charge >= 0.3 is 0 Å². The van der Waals surface area contributed by atoms with Crippen molar-refractivity contribution in [3.63, 3.8) is 0 Å². The van der Waals surface area contributed by atoms with Gasteiger partial charge in [-0.05, 0) is 154 Å². The molecular formula is C65H46N2. The van der Waals surface area contributed by atoms with E-state index in [9.17, 15) is 0 Å². The molecule has 0 aliphatic carbocycles. The van der Waals surface area contributed by atoms with Crippen LogP contribution in [-0.2, 0) is 0 Å². The molecule has 13 aromatic carbocycles. The molecule has 0 N–H and O–H groups in total. The van der Waals surface area contributed by atoms with Gasteiger partial charge in [-0.15, -0.1) is 0 Å². The monoisotopic (exact) mass is 854 g/mol. The van der Waals surface area contributed by atoms with Crippen LogP contribution < -0.4 is 9.80 Å². The topological polar surface area (TPSA) is 6.48 Å². The molecule has 2 heteroatoms. The molecular weight excluding hydrogens is 809 g/mol. The third-order valence-corrected chi connectivity index (χ3v) is 14.2. The third-order valence-electron chi connectivity index (χ3n) is 14.2. The van der Waals surface area contributed by atoms with Crippen LogP contribution >= 0.6 is 0 Å². The van der Waals surface area contributed by atoms with Crippen LogP contribution in [0.4, 0.5) is 34.1 Å². The molecule has 316 valence electrons. The number of anilines is 6. The van der Waals surface area contributed by atoms with Gasteiger partial charge in [0, 0.05) is 54.5 Å². The Morgan fingerprint density at radius 1 is 0.224 bits per heavy atom. The minimum absolute atomic E-state index is 1.11. The molecule has 0 aliphatic rings. The van der Waals surface area contributed by atoms with Crippen LogP contribution in [-0.4, -0.2) is 0 Å². The number of hydrogen-bond donors (Lipinski definition) is 0. The average Bonchev–Trinajstić information content (AvgIpc) is 3.36.